The summed E-state index contributed by atoms with van der Waals surface area (Å²) in [6.45, 7) is 0.213. The molecule has 14 heteroatoms. The Morgan fingerprint density at radius 1 is 1.00 bits per heavy atom. The Morgan fingerprint density at radius 2 is 1.75 bits per heavy atom. The number of ether oxygens (including phenoxy) is 2. The summed E-state index contributed by atoms with van der Waals surface area (Å²) in [5, 5.41) is 20.3. The summed E-state index contributed by atoms with van der Waals surface area (Å²) in [7, 11) is 0. The predicted octanol–water partition coefficient (Wildman–Crippen LogP) is 4.46. The first-order chi connectivity index (χ1) is 19.5. The first-order valence-corrected chi connectivity index (χ1v) is 12.4. The largest absolute Gasteiger partial charge is 0.489 e. The first-order valence-electron chi connectivity index (χ1n) is 11.7. The molecule has 1 amide bonds. The second-order valence-corrected chi connectivity index (χ2v) is 9.01. The molecule has 5 rings (SSSR count). The molecule has 12 nitrogen and oxygen atoms in total. The van der Waals surface area contributed by atoms with E-state index in [9.17, 15) is 4.79 Å². The molecule has 0 spiro atoms. The topological polar surface area (TPSA) is 156 Å². The Bertz CT molecular complexity index is 1640. The van der Waals surface area contributed by atoms with Crippen molar-refractivity contribution in [3.8, 4) is 17.3 Å². The molecule has 0 saturated heterocycles. The third kappa shape index (κ3) is 6.37. The smallest absolute Gasteiger partial charge is 0.293 e. The van der Waals surface area contributed by atoms with E-state index in [2.05, 4.69) is 35.8 Å². The fourth-order valence-electron chi connectivity index (χ4n) is 3.45. The summed E-state index contributed by atoms with van der Waals surface area (Å²) in [5.41, 5.74) is 10.0. The number of hydrogen-bond donors (Lipinski definition) is 2. The van der Waals surface area contributed by atoms with Crippen LogP contribution < -0.4 is 20.6 Å². The summed E-state index contributed by atoms with van der Waals surface area (Å²) in [5.74, 6) is 0.633. The van der Waals surface area contributed by atoms with Crippen molar-refractivity contribution in [1.29, 1.82) is 0 Å². The number of nitrogens with two attached hydrogens (primary N) is 1. The van der Waals surface area contributed by atoms with Gasteiger partial charge in [-0.25, -0.2) is 10.1 Å². The maximum atomic E-state index is 12.9. The van der Waals surface area contributed by atoms with Crippen LogP contribution in [-0.2, 0) is 13.2 Å². The SMILES string of the molecule is Nc1nonc1-n1nnc(C(=O)N/N=C/c2ccc(OCc3ccc(Cl)cc3Cl)cc2)c1COc1ccccc1. The number of para-hydroxylation sites is 1. The van der Waals surface area contributed by atoms with Gasteiger partial charge in [-0.05, 0) is 64.4 Å². The Morgan fingerprint density at radius 3 is 2.48 bits per heavy atom. The lowest BCUT2D eigenvalue weighted by Gasteiger charge is -2.08. The van der Waals surface area contributed by atoms with E-state index in [-0.39, 0.29) is 36.2 Å². The van der Waals surface area contributed by atoms with Crippen LogP contribution in [0.5, 0.6) is 11.5 Å². The number of halogens is 2. The molecule has 3 N–H and O–H groups in total. The second kappa shape index (κ2) is 12.3. The number of amides is 1. The van der Waals surface area contributed by atoms with E-state index < -0.39 is 5.91 Å². The number of nitrogens with one attached hydrogen (secondary N) is 1. The number of nitrogen functional groups attached to an aromatic ring is 1. The second-order valence-electron chi connectivity index (χ2n) is 8.16. The van der Waals surface area contributed by atoms with Crippen LogP contribution in [0.4, 0.5) is 5.82 Å². The molecule has 0 radical (unpaired) electrons. The van der Waals surface area contributed by atoms with E-state index in [0.29, 0.717) is 21.5 Å². The van der Waals surface area contributed by atoms with Crippen LogP contribution in [0.2, 0.25) is 10.0 Å². The van der Waals surface area contributed by atoms with Gasteiger partial charge in [-0.2, -0.15) is 9.78 Å². The fourth-order valence-corrected chi connectivity index (χ4v) is 3.92. The standard InChI is InChI=1S/C26H20Cl2N8O4/c27-18-9-8-17(21(28)12-18)14-38-20-10-6-16(7-11-20)13-30-32-26(37)23-22(15-39-19-4-2-1-3-5-19)36(35-31-23)25-24(29)33-40-34-25/h1-13H,14-15H2,(H2,29,33)(H,32,37)/b30-13+. The van der Waals surface area contributed by atoms with Crippen LogP contribution in [-0.4, -0.2) is 37.4 Å². The highest BCUT2D eigenvalue weighted by molar-refractivity contribution is 6.35. The van der Waals surface area contributed by atoms with E-state index in [0.717, 1.165) is 11.1 Å². The van der Waals surface area contributed by atoms with Crippen LogP contribution in [0.3, 0.4) is 0 Å². The van der Waals surface area contributed by atoms with Crippen molar-refractivity contribution in [2.45, 2.75) is 13.2 Å². The van der Waals surface area contributed by atoms with Gasteiger partial charge in [0.1, 0.15) is 30.4 Å². The highest BCUT2D eigenvalue weighted by atomic mass is 35.5. The minimum absolute atomic E-state index is 0.0282. The average Bonchev–Trinajstić information content (AvgIpc) is 3.58. The summed E-state index contributed by atoms with van der Waals surface area (Å²) >= 11 is 12.1. The molecule has 0 aliphatic carbocycles. The molecule has 2 heterocycles. The quantitative estimate of drug-likeness (QED) is 0.180. The van der Waals surface area contributed by atoms with Crippen molar-refractivity contribution >= 4 is 41.1 Å². The molecule has 0 aliphatic rings. The van der Waals surface area contributed by atoms with Crippen LogP contribution >= 0.6 is 23.2 Å². The zero-order valence-corrected chi connectivity index (χ0v) is 22.1. The van der Waals surface area contributed by atoms with Gasteiger partial charge in [0.25, 0.3) is 5.91 Å². The number of benzene rings is 3. The number of hydrazone groups is 1. The maximum absolute atomic E-state index is 12.9. The van der Waals surface area contributed by atoms with Crippen LogP contribution in [0.1, 0.15) is 27.3 Å². The lowest BCUT2D eigenvalue weighted by Crippen LogP contribution is -2.21. The maximum Gasteiger partial charge on any atom is 0.293 e. The number of anilines is 1. The molecule has 0 fully saturated rings. The van der Waals surface area contributed by atoms with Crippen molar-refractivity contribution < 1.29 is 18.9 Å². The molecule has 0 aliphatic heterocycles. The van der Waals surface area contributed by atoms with Gasteiger partial charge in [0.15, 0.2) is 5.69 Å². The summed E-state index contributed by atoms with van der Waals surface area (Å²) in [6.07, 6.45) is 1.47. The van der Waals surface area contributed by atoms with E-state index in [4.69, 9.17) is 38.4 Å². The average molecular weight is 579 g/mol. The summed E-state index contributed by atoms with van der Waals surface area (Å²) < 4.78 is 17.5. The molecule has 0 unspecified atom stereocenters. The minimum atomic E-state index is -0.621. The van der Waals surface area contributed by atoms with Crippen LogP contribution in [0.15, 0.2) is 82.5 Å². The molecule has 0 bridgehead atoms. The molecule has 3 aromatic carbocycles. The first kappa shape index (κ1) is 26.7. The van der Waals surface area contributed by atoms with Gasteiger partial charge in [0, 0.05) is 15.6 Å². The molecule has 0 saturated carbocycles. The number of aromatic nitrogens is 5. The van der Waals surface area contributed by atoms with Crippen molar-refractivity contribution in [2.75, 3.05) is 5.73 Å². The summed E-state index contributed by atoms with van der Waals surface area (Å²) in [6, 6.07) is 21.4. The highest BCUT2D eigenvalue weighted by Crippen LogP contribution is 2.23. The third-order valence-corrected chi connectivity index (χ3v) is 6.05. The Hall–Kier alpha value is -4.94. The number of carbonyl (C=O) groups is 1. The van der Waals surface area contributed by atoms with E-state index in [1.807, 2.05) is 24.3 Å². The van der Waals surface area contributed by atoms with Crippen LogP contribution in [0, 0.1) is 0 Å². The van der Waals surface area contributed by atoms with E-state index >= 15 is 0 Å². The Labute approximate surface area is 237 Å². The molecule has 0 atom stereocenters. The lowest BCUT2D eigenvalue weighted by molar-refractivity contribution is 0.0947. The molecule has 5 aromatic rings. The normalized spacial score (nSPS) is 11.1. The fraction of sp³-hybridized carbons (Fsp3) is 0.0769. The van der Waals surface area contributed by atoms with Gasteiger partial charge in [0.2, 0.25) is 11.6 Å². The minimum Gasteiger partial charge on any atom is -0.489 e. The lowest BCUT2D eigenvalue weighted by atomic mass is 10.2. The summed E-state index contributed by atoms with van der Waals surface area (Å²) in [4.78, 5) is 12.9. The van der Waals surface area contributed by atoms with Crippen molar-refractivity contribution in [3.63, 3.8) is 0 Å². The highest BCUT2D eigenvalue weighted by Gasteiger charge is 2.24. The van der Waals surface area contributed by atoms with Gasteiger partial charge in [-0.1, -0.05) is 52.7 Å². The van der Waals surface area contributed by atoms with Crippen molar-refractivity contribution in [3.05, 3.63) is 105 Å². The number of hydrogen-bond acceptors (Lipinski definition) is 10. The number of nitrogens with zero attached hydrogens (tertiary/aromatic N) is 6. The van der Waals surface area contributed by atoms with Gasteiger partial charge >= 0.3 is 0 Å². The van der Waals surface area contributed by atoms with E-state index in [1.54, 1.807) is 48.5 Å². The van der Waals surface area contributed by atoms with Gasteiger partial charge < -0.3 is 15.2 Å². The van der Waals surface area contributed by atoms with Gasteiger partial charge in [0.05, 0.1) is 6.21 Å². The molecular formula is C26H20Cl2N8O4. The zero-order valence-electron chi connectivity index (χ0n) is 20.6. The van der Waals surface area contributed by atoms with Crippen molar-refractivity contribution in [1.82, 2.24) is 30.7 Å². The van der Waals surface area contributed by atoms with Crippen molar-refractivity contribution in [2.24, 2.45) is 5.10 Å². The Balaban J connectivity index is 1.24. The van der Waals surface area contributed by atoms with Crippen LogP contribution in [0.25, 0.3) is 5.82 Å². The monoisotopic (exact) mass is 578 g/mol. The zero-order chi connectivity index (χ0) is 27.9. The van der Waals surface area contributed by atoms with Gasteiger partial charge in [-0.15, -0.1) is 5.10 Å². The molecule has 40 heavy (non-hydrogen) atoms. The predicted molar refractivity (Wildman–Crippen MR) is 147 cm³/mol. The molecule has 202 valence electrons. The molecular weight excluding hydrogens is 559 g/mol. The Kier molecular flexibility index (Phi) is 8.18. The van der Waals surface area contributed by atoms with E-state index in [1.165, 1.54) is 10.9 Å². The number of carbonyl (C=O) groups excluding carboxylic acids is 1. The molecule has 2 aromatic heterocycles. The third-order valence-electron chi connectivity index (χ3n) is 5.46. The number of rotatable bonds is 10. The van der Waals surface area contributed by atoms with Gasteiger partial charge in [-0.3, -0.25) is 4.79 Å².